The lowest BCUT2D eigenvalue weighted by Gasteiger charge is -2.40. The van der Waals surface area contributed by atoms with Crippen LogP contribution in [0, 0.1) is 26.2 Å². The molecule has 0 aromatic carbocycles. The highest BCUT2D eigenvalue weighted by atomic mass is 32.1. The highest BCUT2D eigenvalue weighted by Crippen LogP contribution is 2.40. The number of hydrogen-bond donors (Lipinski definition) is 0. The first kappa shape index (κ1) is 17.7. The Kier molecular flexibility index (Phi) is 4.65. The molecule has 1 spiro atoms. The summed E-state index contributed by atoms with van der Waals surface area (Å²) in [4.78, 5) is 18.4. The molecule has 26 heavy (non-hydrogen) atoms. The van der Waals surface area contributed by atoms with E-state index in [1.165, 1.54) is 18.4 Å². The van der Waals surface area contributed by atoms with E-state index in [2.05, 4.69) is 15.0 Å². The average molecular weight is 374 g/mol. The number of aromatic nitrogens is 1. The van der Waals surface area contributed by atoms with Gasteiger partial charge >= 0.3 is 0 Å². The van der Waals surface area contributed by atoms with Gasteiger partial charge in [-0.25, -0.2) is 0 Å². The molecule has 4 heterocycles. The predicted octanol–water partition coefficient (Wildman–Crippen LogP) is 3.79. The van der Waals surface area contributed by atoms with Crippen LogP contribution in [0.15, 0.2) is 16.0 Å². The number of carbonyl (C=O) groups excluding carboxylic acids is 1. The SMILES string of the molecule is Cc1ccsc1C(=O)N1CC[C@]2(CCCN(Cc3c(C)noc3C)C2)C1. The molecule has 5 nitrogen and oxygen atoms in total. The first-order valence-electron chi connectivity index (χ1n) is 9.45. The molecule has 140 valence electrons. The van der Waals surface area contributed by atoms with Gasteiger partial charge < -0.3 is 9.42 Å². The van der Waals surface area contributed by atoms with Crippen molar-refractivity contribution in [2.75, 3.05) is 26.2 Å². The topological polar surface area (TPSA) is 49.6 Å². The normalized spacial score (nSPS) is 23.9. The van der Waals surface area contributed by atoms with Crippen LogP contribution in [0.3, 0.4) is 0 Å². The molecule has 0 bridgehead atoms. The van der Waals surface area contributed by atoms with Gasteiger partial charge in [-0.05, 0) is 63.6 Å². The first-order chi connectivity index (χ1) is 12.5. The lowest BCUT2D eigenvalue weighted by molar-refractivity contribution is 0.0677. The number of carbonyl (C=O) groups is 1. The predicted molar refractivity (Wildman–Crippen MR) is 102 cm³/mol. The van der Waals surface area contributed by atoms with Gasteiger partial charge in [0.15, 0.2) is 0 Å². The van der Waals surface area contributed by atoms with Crippen molar-refractivity contribution < 1.29 is 9.32 Å². The van der Waals surface area contributed by atoms with Crippen LogP contribution >= 0.6 is 11.3 Å². The van der Waals surface area contributed by atoms with Gasteiger partial charge in [0.25, 0.3) is 5.91 Å². The van der Waals surface area contributed by atoms with Crippen molar-refractivity contribution in [2.45, 2.75) is 46.6 Å². The molecule has 0 N–H and O–H groups in total. The Morgan fingerprint density at radius 3 is 2.81 bits per heavy atom. The number of piperidine rings is 1. The summed E-state index contributed by atoms with van der Waals surface area (Å²) in [6.45, 7) is 10.9. The maximum atomic E-state index is 12.9. The largest absolute Gasteiger partial charge is 0.361 e. The van der Waals surface area contributed by atoms with E-state index in [1.54, 1.807) is 11.3 Å². The summed E-state index contributed by atoms with van der Waals surface area (Å²) in [7, 11) is 0. The Bertz CT molecular complexity index is 792. The minimum absolute atomic E-state index is 0.220. The van der Waals surface area contributed by atoms with Crippen LogP contribution in [0.1, 0.15) is 51.5 Å². The zero-order valence-electron chi connectivity index (χ0n) is 15.9. The van der Waals surface area contributed by atoms with Crippen molar-refractivity contribution in [1.29, 1.82) is 0 Å². The van der Waals surface area contributed by atoms with Crippen molar-refractivity contribution in [1.82, 2.24) is 15.0 Å². The summed E-state index contributed by atoms with van der Waals surface area (Å²) in [6.07, 6.45) is 3.53. The monoisotopic (exact) mass is 373 g/mol. The van der Waals surface area contributed by atoms with Crippen LogP contribution in [0.5, 0.6) is 0 Å². The van der Waals surface area contributed by atoms with Gasteiger partial charge in [0.05, 0.1) is 10.6 Å². The van der Waals surface area contributed by atoms with Crippen LogP contribution in [0.25, 0.3) is 0 Å². The van der Waals surface area contributed by atoms with E-state index >= 15 is 0 Å². The first-order valence-corrected chi connectivity index (χ1v) is 10.3. The van der Waals surface area contributed by atoms with E-state index in [4.69, 9.17) is 4.52 Å². The quantitative estimate of drug-likeness (QED) is 0.821. The fourth-order valence-electron chi connectivity index (χ4n) is 4.57. The molecule has 0 radical (unpaired) electrons. The van der Waals surface area contributed by atoms with Crippen molar-refractivity contribution in [2.24, 2.45) is 5.41 Å². The highest BCUT2D eigenvalue weighted by Gasteiger charge is 2.43. The number of thiophene rings is 1. The number of likely N-dealkylation sites (tertiary alicyclic amines) is 2. The molecular formula is C20H27N3O2S. The maximum absolute atomic E-state index is 12.9. The van der Waals surface area contributed by atoms with E-state index in [1.807, 2.05) is 32.2 Å². The number of aryl methyl sites for hydroxylation is 3. The Labute approximate surface area is 159 Å². The summed E-state index contributed by atoms with van der Waals surface area (Å²) in [5.41, 5.74) is 3.57. The summed E-state index contributed by atoms with van der Waals surface area (Å²) < 4.78 is 5.33. The van der Waals surface area contributed by atoms with Crippen LogP contribution in [-0.2, 0) is 6.54 Å². The molecule has 1 atom stereocenters. The summed E-state index contributed by atoms with van der Waals surface area (Å²) in [6, 6.07) is 2.04. The third kappa shape index (κ3) is 3.21. The number of amides is 1. The standard InChI is InChI=1S/C20H27N3O2S/c1-14-5-10-26-18(14)19(24)23-9-7-20(13-23)6-4-8-22(12-20)11-17-15(2)21-25-16(17)3/h5,10H,4,6-9,11-13H2,1-3H3/t20-/m0/s1. The van der Waals surface area contributed by atoms with Gasteiger partial charge in [0, 0.05) is 37.2 Å². The van der Waals surface area contributed by atoms with Crippen molar-refractivity contribution >= 4 is 17.2 Å². The van der Waals surface area contributed by atoms with Crippen LogP contribution < -0.4 is 0 Å². The van der Waals surface area contributed by atoms with E-state index in [-0.39, 0.29) is 11.3 Å². The Balaban J connectivity index is 1.44. The third-order valence-corrected chi connectivity index (χ3v) is 7.09. The fourth-order valence-corrected chi connectivity index (χ4v) is 5.47. The number of nitrogens with zero attached hydrogens (tertiary/aromatic N) is 3. The number of hydrogen-bond acceptors (Lipinski definition) is 5. The molecule has 0 saturated carbocycles. The van der Waals surface area contributed by atoms with Crippen LogP contribution in [0.4, 0.5) is 0 Å². The molecular weight excluding hydrogens is 346 g/mol. The molecule has 2 saturated heterocycles. The maximum Gasteiger partial charge on any atom is 0.264 e. The Hall–Kier alpha value is -1.66. The van der Waals surface area contributed by atoms with Gasteiger partial charge in [-0.3, -0.25) is 9.69 Å². The zero-order chi connectivity index (χ0) is 18.3. The zero-order valence-corrected chi connectivity index (χ0v) is 16.7. The lowest BCUT2D eigenvalue weighted by Crippen LogP contribution is -2.45. The summed E-state index contributed by atoms with van der Waals surface area (Å²) >= 11 is 1.57. The molecule has 1 amide bonds. The fraction of sp³-hybridized carbons (Fsp3) is 0.600. The third-order valence-electron chi connectivity index (χ3n) is 6.09. The molecule has 0 unspecified atom stereocenters. The number of rotatable bonds is 3. The molecule has 2 aliphatic rings. The smallest absolute Gasteiger partial charge is 0.264 e. The van der Waals surface area contributed by atoms with Gasteiger partial charge in [0.1, 0.15) is 5.76 Å². The second-order valence-corrected chi connectivity index (χ2v) is 8.94. The Morgan fingerprint density at radius 1 is 1.27 bits per heavy atom. The molecule has 0 aliphatic carbocycles. The summed E-state index contributed by atoms with van der Waals surface area (Å²) in [5, 5.41) is 6.10. The minimum atomic E-state index is 0.220. The molecule has 2 aromatic heterocycles. The van der Waals surface area contributed by atoms with Gasteiger partial charge in [-0.15, -0.1) is 11.3 Å². The van der Waals surface area contributed by atoms with E-state index in [0.29, 0.717) is 0 Å². The van der Waals surface area contributed by atoms with Gasteiger partial charge in [0.2, 0.25) is 0 Å². The minimum Gasteiger partial charge on any atom is -0.361 e. The van der Waals surface area contributed by atoms with Crippen LogP contribution in [-0.4, -0.2) is 47.0 Å². The molecule has 2 aliphatic heterocycles. The van der Waals surface area contributed by atoms with E-state index in [0.717, 1.165) is 61.0 Å². The van der Waals surface area contributed by atoms with Crippen molar-refractivity contribution in [3.8, 4) is 0 Å². The van der Waals surface area contributed by atoms with E-state index < -0.39 is 0 Å². The highest BCUT2D eigenvalue weighted by molar-refractivity contribution is 7.12. The van der Waals surface area contributed by atoms with Gasteiger partial charge in [-0.1, -0.05) is 5.16 Å². The van der Waals surface area contributed by atoms with Gasteiger partial charge in [-0.2, -0.15) is 0 Å². The lowest BCUT2D eigenvalue weighted by atomic mass is 9.79. The van der Waals surface area contributed by atoms with E-state index in [9.17, 15) is 4.79 Å². The van der Waals surface area contributed by atoms with Crippen molar-refractivity contribution in [3.05, 3.63) is 38.9 Å². The second-order valence-electron chi connectivity index (χ2n) is 8.03. The molecule has 4 rings (SSSR count). The van der Waals surface area contributed by atoms with Crippen molar-refractivity contribution in [3.63, 3.8) is 0 Å². The average Bonchev–Trinajstić information content (AvgIpc) is 3.31. The summed E-state index contributed by atoms with van der Waals surface area (Å²) in [5.74, 6) is 1.15. The van der Waals surface area contributed by atoms with Crippen LogP contribution in [0.2, 0.25) is 0 Å². The Morgan fingerprint density at radius 2 is 2.12 bits per heavy atom. The molecule has 6 heteroatoms. The molecule has 2 aromatic rings. The molecule has 2 fully saturated rings. The second kappa shape index (κ2) is 6.82.